The van der Waals surface area contributed by atoms with Gasteiger partial charge in [0, 0.05) is 11.9 Å². The molecule has 9 nitrogen and oxygen atoms in total. The van der Waals surface area contributed by atoms with Crippen molar-refractivity contribution in [3.8, 4) is 0 Å². The van der Waals surface area contributed by atoms with Crippen LogP contribution in [0.4, 0.5) is 29.3 Å². The molecule has 2 aromatic heterocycles. The second-order valence-corrected chi connectivity index (χ2v) is 7.56. The molecule has 3 amide bonds. The largest absolute Gasteiger partial charge is 0.417 e. The Morgan fingerprint density at radius 3 is 2.42 bits per heavy atom. The Kier molecular flexibility index (Phi) is 7.68. The van der Waals surface area contributed by atoms with Gasteiger partial charge in [0.05, 0.1) is 29.6 Å². The number of aromatic nitrogens is 3. The van der Waals surface area contributed by atoms with Crippen LogP contribution in [0.25, 0.3) is 0 Å². The number of rotatable bonds is 6. The first kappa shape index (κ1) is 24.2. The molecule has 0 bridgehead atoms. The SMILES string of the molecule is CONC(=O)c1nccc(Sc2ccc(NC(=O)Nc3ccc(Cl)c(C(F)(F)F)c3)cn2)n1. The lowest BCUT2D eigenvalue weighted by Crippen LogP contribution is -2.24. The highest BCUT2D eigenvalue weighted by Crippen LogP contribution is 2.36. The third kappa shape index (κ3) is 6.78. The smallest absolute Gasteiger partial charge is 0.308 e. The number of carbonyl (C=O) groups excluding carboxylic acids is 2. The van der Waals surface area contributed by atoms with Gasteiger partial charge in [-0.3, -0.25) is 9.63 Å². The standard InChI is InChI=1S/C19H14ClF3N6O3S/c1-32-29-17(30)16-24-7-6-15(28-16)33-14-5-3-11(9-25-14)27-18(31)26-10-2-4-13(20)12(8-10)19(21,22)23/h2-9H,1H3,(H,29,30)(H2,26,27,31). The van der Waals surface area contributed by atoms with Gasteiger partial charge >= 0.3 is 18.1 Å². The van der Waals surface area contributed by atoms with E-state index in [-0.39, 0.29) is 11.5 Å². The average Bonchev–Trinajstić information content (AvgIpc) is 2.76. The fraction of sp³-hybridized carbons (Fsp3) is 0.105. The molecule has 33 heavy (non-hydrogen) atoms. The van der Waals surface area contributed by atoms with Crippen LogP contribution in [0.5, 0.6) is 0 Å². The van der Waals surface area contributed by atoms with Crippen LogP contribution in [0.2, 0.25) is 5.02 Å². The summed E-state index contributed by atoms with van der Waals surface area (Å²) in [5.41, 5.74) is 1.27. The van der Waals surface area contributed by atoms with E-state index in [2.05, 4.69) is 35.9 Å². The zero-order valence-corrected chi connectivity index (χ0v) is 18.2. The van der Waals surface area contributed by atoms with Crippen LogP contribution in [-0.2, 0) is 11.0 Å². The number of hydrogen-bond acceptors (Lipinski definition) is 7. The third-order valence-corrected chi connectivity index (χ3v) is 4.98. The monoisotopic (exact) mass is 498 g/mol. The maximum Gasteiger partial charge on any atom is 0.417 e. The lowest BCUT2D eigenvalue weighted by molar-refractivity contribution is -0.137. The number of anilines is 2. The highest BCUT2D eigenvalue weighted by molar-refractivity contribution is 7.99. The van der Waals surface area contributed by atoms with Crippen molar-refractivity contribution in [3.05, 3.63) is 65.2 Å². The molecular formula is C19H14ClF3N6O3S. The maximum atomic E-state index is 12.9. The van der Waals surface area contributed by atoms with E-state index >= 15 is 0 Å². The minimum Gasteiger partial charge on any atom is -0.308 e. The van der Waals surface area contributed by atoms with Gasteiger partial charge in [-0.25, -0.2) is 25.2 Å². The van der Waals surface area contributed by atoms with E-state index in [0.29, 0.717) is 15.7 Å². The van der Waals surface area contributed by atoms with E-state index in [9.17, 15) is 22.8 Å². The fourth-order valence-corrected chi connectivity index (χ4v) is 3.32. The van der Waals surface area contributed by atoms with Crippen LogP contribution in [-0.4, -0.2) is 34.0 Å². The molecule has 172 valence electrons. The van der Waals surface area contributed by atoms with Crippen molar-refractivity contribution < 1.29 is 27.6 Å². The van der Waals surface area contributed by atoms with Crippen molar-refractivity contribution in [1.82, 2.24) is 20.4 Å². The highest BCUT2D eigenvalue weighted by Gasteiger charge is 2.33. The molecule has 0 spiro atoms. The molecule has 3 rings (SSSR count). The molecule has 0 aliphatic carbocycles. The zero-order chi connectivity index (χ0) is 24.0. The lowest BCUT2D eigenvalue weighted by atomic mass is 10.2. The molecule has 1 aromatic carbocycles. The molecule has 0 unspecified atom stereocenters. The van der Waals surface area contributed by atoms with Gasteiger partial charge in [0.2, 0.25) is 5.82 Å². The van der Waals surface area contributed by atoms with Gasteiger partial charge < -0.3 is 10.6 Å². The van der Waals surface area contributed by atoms with Gasteiger partial charge in [-0.1, -0.05) is 11.6 Å². The molecule has 3 aromatic rings. The predicted molar refractivity (Wildman–Crippen MR) is 114 cm³/mol. The lowest BCUT2D eigenvalue weighted by Gasteiger charge is -2.12. The first-order valence-corrected chi connectivity index (χ1v) is 10.1. The number of benzene rings is 1. The van der Waals surface area contributed by atoms with Crippen molar-refractivity contribution >= 4 is 46.7 Å². The molecule has 0 radical (unpaired) electrons. The number of amides is 3. The van der Waals surface area contributed by atoms with Crippen molar-refractivity contribution in [1.29, 1.82) is 0 Å². The summed E-state index contributed by atoms with van der Waals surface area (Å²) in [7, 11) is 1.28. The number of carbonyl (C=O) groups is 2. The number of urea groups is 1. The van der Waals surface area contributed by atoms with Gasteiger partial charge in [-0.05, 0) is 48.2 Å². The Balaban J connectivity index is 1.61. The van der Waals surface area contributed by atoms with Gasteiger partial charge in [0.1, 0.15) is 10.1 Å². The Morgan fingerprint density at radius 2 is 1.76 bits per heavy atom. The van der Waals surface area contributed by atoms with Crippen LogP contribution in [0.1, 0.15) is 16.2 Å². The topological polar surface area (TPSA) is 118 Å². The molecule has 0 atom stereocenters. The summed E-state index contributed by atoms with van der Waals surface area (Å²) in [6.07, 6.45) is -1.90. The summed E-state index contributed by atoms with van der Waals surface area (Å²) in [4.78, 5) is 40.5. The average molecular weight is 499 g/mol. The molecule has 0 saturated carbocycles. The summed E-state index contributed by atoms with van der Waals surface area (Å²) in [6, 6.07) is 6.97. The number of pyridine rings is 1. The summed E-state index contributed by atoms with van der Waals surface area (Å²) >= 11 is 6.71. The van der Waals surface area contributed by atoms with E-state index in [0.717, 1.165) is 23.9 Å². The normalized spacial score (nSPS) is 11.1. The van der Waals surface area contributed by atoms with Gasteiger partial charge in [0.25, 0.3) is 0 Å². The first-order chi connectivity index (χ1) is 15.7. The van der Waals surface area contributed by atoms with E-state index in [1.54, 1.807) is 12.1 Å². The minimum absolute atomic E-state index is 0.0820. The molecule has 2 heterocycles. The van der Waals surface area contributed by atoms with Crippen molar-refractivity contribution in [2.75, 3.05) is 17.7 Å². The Hall–Kier alpha value is -3.42. The fourth-order valence-electron chi connectivity index (χ4n) is 2.38. The zero-order valence-electron chi connectivity index (χ0n) is 16.6. The Morgan fingerprint density at radius 1 is 1.03 bits per heavy atom. The summed E-state index contributed by atoms with van der Waals surface area (Å²) in [5.74, 6) is -0.700. The summed E-state index contributed by atoms with van der Waals surface area (Å²) in [6.45, 7) is 0. The molecule has 0 fully saturated rings. The first-order valence-electron chi connectivity index (χ1n) is 8.91. The Bertz CT molecular complexity index is 1160. The second kappa shape index (κ2) is 10.5. The third-order valence-electron chi connectivity index (χ3n) is 3.76. The van der Waals surface area contributed by atoms with Crippen LogP contribution in [0, 0.1) is 0 Å². The molecular weight excluding hydrogens is 485 g/mol. The van der Waals surface area contributed by atoms with Crippen LogP contribution < -0.4 is 16.1 Å². The summed E-state index contributed by atoms with van der Waals surface area (Å²) in [5, 5.41) is 5.25. The highest BCUT2D eigenvalue weighted by atomic mass is 35.5. The van der Waals surface area contributed by atoms with Crippen molar-refractivity contribution in [3.63, 3.8) is 0 Å². The molecule has 0 saturated heterocycles. The van der Waals surface area contributed by atoms with E-state index < -0.39 is 28.7 Å². The maximum absolute atomic E-state index is 12.9. The van der Waals surface area contributed by atoms with Crippen molar-refractivity contribution in [2.45, 2.75) is 16.2 Å². The molecule has 14 heteroatoms. The number of halogens is 4. The van der Waals surface area contributed by atoms with E-state index in [1.165, 1.54) is 31.6 Å². The Labute approximate surface area is 194 Å². The van der Waals surface area contributed by atoms with Gasteiger partial charge in [-0.15, -0.1) is 0 Å². The van der Waals surface area contributed by atoms with Crippen LogP contribution in [0.15, 0.2) is 58.8 Å². The van der Waals surface area contributed by atoms with Crippen LogP contribution >= 0.6 is 23.4 Å². The van der Waals surface area contributed by atoms with E-state index in [4.69, 9.17) is 11.6 Å². The van der Waals surface area contributed by atoms with Gasteiger partial charge in [-0.2, -0.15) is 13.2 Å². The molecule has 3 N–H and O–H groups in total. The molecule has 0 aliphatic heterocycles. The number of hydrogen-bond donors (Lipinski definition) is 3. The quantitative estimate of drug-likeness (QED) is 0.335. The number of nitrogens with zero attached hydrogens (tertiary/aromatic N) is 3. The number of alkyl halides is 3. The minimum atomic E-state index is -4.65. The predicted octanol–water partition coefficient (Wildman–Crippen LogP) is 4.63. The summed E-state index contributed by atoms with van der Waals surface area (Å²) < 4.78 is 38.8. The molecule has 0 aliphatic rings. The number of hydroxylamine groups is 1. The number of nitrogens with one attached hydrogen (secondary N) is 3. The van der Waals surface area contributed by atoms with Gasteiger partial charge in [0.15, 0.2) is 0 Å². The van der Waals surface area contributed by atoms with Crippen LogP contribution in [0.3, 0.4) is 0 Å². The van der Waals surface area contributed by atoms with Crippen molar-refractivity contribution in [2.24, 2.45) is 0 Å². The van der Waals surface area contributed by atoms with E-state index in [1.807, 2.05) is 0 Å². The second-order valence-electron chi connectivity index (χ2n) is 6.11.